The molecule has 0 N–H and O–H groups in total. The Kier molecular flexibility index (Phi) is 3.07. The number of para-hydroxylation sites is 1. The lowest BCUT2D eigenvalue weighted by Crippen LogP contribution is -2.29. The fourth-order valence-corrected chi connectivity index (χ4v) is 3.04. The second-order valence-corrected chi connectivity index (χ2v) is 5.90. The van der Waals surface area contributed by atoms with Crippen LogP contribution in [0.5, 0.6) is 0 Å². The molecule has 19 heavy (non-hydrogen) atoms. The first-order valence-electron chi connectivity index (χ1n) is 6.44. The van der Waals surface area contributed by atoms with Crippen molar-refractivity contribution < 1.29 is 0 Å². The molecule has 3 rings (SSSR count). The molecule has 1 fully saturated rings. The Hall–Kier alpha value is -1.39. The fourth-order valence-electron chi connectivity index (χ4n) is 2.83. The molecule has 0 aliphatic carbocycles. The minimum absolute atomic E-state index is 0.0322. The monoisotopic (exact) mass is 276 g/mol. The van der Waals surface area contributed by atoms with E-state index in [1.807, 2.05) is 28.9 Å². The summed E-state index contributed by atoms with van der Waals surface area (Å²) in [4.78, 5) is 6.81. The first kappa shape index (κ1) is 12.6. The SMILES string of the molecule is CN1CC[C@](C)(c2ncnn2-c2ccccc2Cl)C1. The van der Waals surface area contributed by atoms with Crippen molar-refractivity contribution in [3.63, 3.8) is 0 Å². The van der Waals surface area contributed by atoms with Gasteiger partial charge in [0.05, 0.1) is 10.7 Å². The highest BCUT2D eigenvalue weighted by molar-refractivity contribution is 6.32. The van der Waals surface area contributed by atoms with Crippen LogP contribution in [0.2, 0.25) is 5.02 Å². The summed E-state index contributed by atoms with van der Waals surface area (Å²) in [6.07, 6.45) is 2.70. The van der Waals surface area contributed by atoms with Gasteiger partial charge in [0.2, 0.25) is 0 Å². The molecule has 0 bridgehead atoms. The normalized spacial score (nSPS) is 23.9. The summed E-state index contributed by atoms with van der Waals surface area (Å²) in [7, 11) is 2.14. The molecule has 2 heterocycles. The maximum Gasteiger partial charge on any atom is 0.139 e. The Labute approximate surface area is 118 Å². The number of hydrogen-bond donors (Lipinski definition) is 0. The lowest BCUT2D eigenvalue weighted by atomic mass is 9.88. The third-order valence-corrected chi connectivity index (χ3v) is 4.15. The molecule has 0 unspecified atom stereocenters. The van der Waals surface area contributed by atoms with Gasteiger partial charge in [0, 0.05) is 12.0 Å². The van der Waals surface area contributed by atoms with Gasteiger partial charge < -0.3 is 4.90 Å². The van der Waals surface area contributed by atoms with Gasteiger partial charge in [-0.25, -0.2) is 9.67 Å². The van der Waals surface area contributed by atoms with Crippen LogP contribution in [0.25, 0.3) is 5.69 Å². The number of hydrogen-bond acceptors (Lipinski definition) is 3. The number of rotatable bonds is 2. The molecule has 1 saturated heterocycles. The Morgan fingerprint density at radius 1 is 1.32 bits per heavy atom. The first-order chi connectivity index (χ1) is 9.10. The van der Waals surface area contributed by atoms with Crippen LogP contribution in [0.3, 0.4) is 0 Å². The molecule has 0 spiro atoms. The summed E-state index contributed by atoms with van der Waals surface area (Å²) in [6, 6.07) is 7.75. The van der Waals surface area contributed by atoms with Crippen molar-refractivity contribution in [1.29, 1.82) is 0 Å². The van der Waals surface area contributed by atoms with Crippen molar-refractivity contribution in [3.05, 3.63) is 41.4 Å². The molecule has 0 saturated carbocycles. The van der Waals surface area contributed by atoms with Gasteiger partial charge in [-0.15, -0.1) is 0 Å². The van der Waals surface area contributed by atoms with E-state index in [0.717, 1.165) is 31.0 Å². The molecular weight excluding hydrogens is 260 g/mol. The molecule has 4 nitrogen and oxygen atoms in total. The molecular formula is C14H17ClN4. The van der Waals surface area contributed by atoms with E-state index in [4.69, 9.17) is 11.6 Å². The van der Waals surface area contributed by atoms with Crippen molar-refractivity contribution in [1.82, 2.24) is 19.7 Å². The van der Waals surface area contributed by atoms with Gasteiger partial charge >= 0.3 is 0 Å². The van der Waals surface area contributed by atoms with Gasteiger partial charge in [-0.05, 0) is 32.1 Å². The lowest BCUT2D eigenvalue weighted by Gasteiger charge is -2.23. The zero-order valence-electron chi connectivity index (χ0n) is 11.2. The van der Waals surface area contributed by atoms with Crippen LogP contribution in [0.4, 0.5) is 0 Å². The number of aromatic nitrogens is 3. The van der Waals surface area contributed by atoms with Crippen molar-refractivity contribution in [2.75, 3.05) is 20.1 Å². The quantitative estimate of drug-likeness (QED) is 0.845. The summed E-state index contributed by atoms with van der Waals surface area (Å²) < 4.78 is 1.88. The van der Waals surface area contributed by atoms with E-state index < -0.39 is 0 Å². The van der Waals surface area contributed by atoms with Gasteiger partial charge in [0.25, 0.3) is 0 Å². The van der Waals surface area contributed by atoms with Gasteiger partial charge in [-0.1, -0.05) is 30.7 Å². The fraction of sp³-hybridized carbons (Fsp3) is 0.429. The Morgan fingerprint density at radius 3 is 2.79 bits per heavy atom. The van der Waals surface area contributed by atoms with E-state index in [0.29, 0.717) is 5.02 Å². The third-order valence-electron chi connectivity index (χ3n) is 3.83. The van der Waals surface area contributed by atoms with E-state index in [1.54, 1.807) is 6.33 Å². The van der Waals surface area contributed by atoms with Crippen LogP contribution in [-0.2, 0) is 5.41 Å². The topological polar surface area (TPSA) is 34.0 Å². The van der Waals surface area contributed by atoms with Gasteiger partial charge in [-0.2, -0.15) is 5.10 Å². The van der Waals surface area contributed by atoms with E-state index in [9.17, 15) is 0 Å². The summed E-state index contributed by atoms with van der Waals surface area (Å²) in [5, 5.41) is 5.06. The van der Waals surface area contributed by atoms with Crippen LogP contribution >= 0.6 is 11.6 Å². The van der Waals surface area contributed by atoms with Gasteiger partial charge in [0.15, 0.2) is 0 Å². The maximum absolute atomic E-state index is 6.27. The zero-order valence-corrected chi connectivity index (χ0v) is 11.9. The lowest BCUT2D eigenvalue weighted by molar-refractivity contribution is 0.370. The summed E-state index contributed by atoms with van der Waals surface area (Å²) in [5.41, 5.74) is 0.928. The Morgan fingerprint density at radius 2 is 2.11 bits per heavy atom. The number of benzene rings is 1. The average molecular weight is 277 g/mol. The zero-order chi connectivity index (χ0) is 13.5. The van der Waals surface area contributed by atoms with Gasteiger partial charge in [0.1, 0.15) is 12.2 Å². The minimum Gasteiger partial charge on any atom is -0.305 e. The number of likely N-dealkylation sites (tertiary alicyclic amines) is 1. The third kappa shape index (κ3) is 2.15. The van der Waals surface area contributed by atoms with Crippen LogP contribution < -0.4 is 0 Å². The van der Waals surface area contributed by atoms with E-state index in [1.165, 1.54) is 0 Å². The van der Waals surface area contributed by atoms with Crippen LogP contribution in [0, 0.1) is 0 Å². The van der Waals surface area contributed by atoms with E-state index >= 15 is 0 Å². The molecule has 1 aliphatic heterocycles. The van der Waals surface area contributed by atoms with E-state index in [2.05, 4.69) is 29.0 Å². The Balaban J connectivity index is 2.07. The highest BCUT2D eigenvalue weighted by Crippen LogP contribution is 2.33. The molecule has 0 radical (unpaired) electrons. The summed E-state index contributed by atoms with van der Waals surface area (Å²) in [6.45, 7) is 4.33. The number of nitrogens with zero attached hydrogens (tertiary/aromatic N) is 4. The predicted molar refractivity (Wildman–Crippen MR) is 75.8 cm³/mol. The average Bonchev–Trinajstić information content (AvgIpc) is 2.98. The number of halogens is 1. The maximum atomic E-state index is 6.27. The van der Waals surface area contributed by atoms with Crippen LogP contribution in [-0.4, -0.2) is 39.8 Å². The van der Waals surface area contributed by atoms with Crippen molar-refractivity contribution in [2.45, 2.75) is 18.8 Å². The Bertz CT molecular complexity index is 595. The molecule has 1 aliphatic rings. The highest BCUT2D eigenvalue weighted by Gasteiger charge is 2.38. The second-order valence-electron chi connectivity index (χ2n) is 5.50. The molecule has 5 heteroatoms. The van der Waals surface area contributed by atoms with Crippen molar-refractivity contribution in [3.8, 4) is 5.69 Å². The smallest absolute Gasteiger partial charge is 0.139 e. The highest BCUT2D eigenvalue weighted by atomic mass is 35.5. The standard InChI is InChI=1S/C14H17ClN4/c1-14(7-8-18(2)9-14)13-16-10-17-19(13)12-6-4-3-5-11(12)15/h3-6,10H,7-9H2,1-2H3/t14-/m0/s1. The summed E-state index contributed by atoms with van der Waals surface area (Å²) in [5.74, 6) is 0.991. The van der Waals surface area contributed by atoms with E-state index in [-0.39, 0.29) is 5.41 Å². The van der Waals surface area contributed by atoms with Crippen molar-refractivity contribution >= 4 is 11.6 Å². The second kappa shape index (κ2) is 4.62. The van der Waals surface area contributed by atoms with Crippen LogP contribution in [0.1, 0.15) is 19.2 Å². The summed E-state index contributed by atoms with van der Waals surface area (Å²) >= 11 is 6.27. The molecule has 1 aromatic carbocycles. The minimum atomic E-state index is 0.0322. The molecule has 2 aromatic rings. The van der Waals surface area contributed by atoms with Crippen molar-refractivity contribution in [2.24, 2.45) is 0 Å². The largest absolute Gasteiger partial charge is 0.305 e. The first-order valence-corrected chi connectivity index (χ1v) is 6.82. The molecule has 100 valence electrons. The molecule has 0 amide bonds. The molecule has 1 aromatic heterocycles. The van der Waals surface area contributed by atoms with Gasteiger partial charge in [-0.3, -0.25) is 0 Å². The number of likely N-dealkylation sites (N-methyl/N-ethyl adjacent to an activating group) is 1. The van der Waals surface area contributed by atoms with Crippen LogP contribution in [0.15, 0.2) is 30.6 Å². The predicted octanol–water partition coefficient (Wildman–Crippen LogP) is 2.51. The molecule has 1 atom stereocenters.